The van der Waals surface area contributed by atoms with Crippen molar-refractivity contribution in [3.05, 3.63) is 48.4 Å². The van der Waals surface area contributed by atoms with Crippen LogP contribution in [-0.2, 0) is 14.8 Å². The molecule has 1 atom stereocenters. The van der Waals surface area contributed by atoms with Crippen molar-refractivity contribution < 1.29 is 22.3 Å². The van der Waals surface area contributed by atoms with Gasteiger partial charge in [0.25, 0.3) is 0 Å². The Kier molecular flexibility index (Phi) is 6.54. The van der Waals surface area contributed by atoms with Crippen LogP contribution in [0.1, 0.15) is 25.6 Å². The Morgan fingerprint density at radius 2 is 1.85 bits per heavy atom. The standard InChI is InChI=1S/C19H26N2O5S/c1-15(2)26-16-5-7-17(8-6-16)27(22,23)20-14-18(19-4-3-11-25-19)21-9-12-24-13-10-21/h3-8,11,15,18,20H,9-10,12-14H2,1-2H3. The van der Waals surface area contributed by atoms with E-state index in [4.69, 9.17) is 13.9 Å². The molecule has 0 aliphatic carbocycles. The molecule has 0 radical (unpaired) electrons. The maximum atomic E-state index is 12.7. The molecule has 3 rings (SSSR count). The molecule has 0 spiro atoms. The quantitative estimate of drug-likeness (QED) is 0.741. The summed E-state index contributed by atoms with van der Waals surface area (Å²) >= 11 is 0. The average Bonchev–Trinajstić information content (AvgIpc) is 3.17. The van der Waals surface area contributed by atoms with Gasteiger partial charge in [-0.25, -0.2) is 13.1 Å². The molecule has 1 unspecified atom stereocenters. The molecule has 0 saturated carbocycles. The Balaban J connectivity index is 1.69. The summed E-state index contributed by atoms with van der Waals surface area (Å²) in [6.07, 6.45) is 1.64. The second kappa shape index (κ2) is 8.88. The van der Waals surface area contributed by atoms with E-state index in [0.29, 0.717) is 19.0 Å². The third-order valence-corrected chi connectivity index (χ3v) is 5.77. The Hall–Kier alpha value is -1.87. The summed E-state index contributed by atoms with van der Waals surface area (Å²) in [7, 11) is -3.64. The number of furan rings is 1. The van der Waals surface area contributed by atoms with E-state index >= 15 is 0 Å². The first-order valence-electron chi connectivity index (χ1n) is 9.07. The molecule has 7 nitrogen and oxygen atoms in total. The van der Waals surface area contributed by atoms with Gasteiger partial charge in [0.05, 0.1) is 36.5 Å². The number of nitrogens with one attached hydrogen (secondary N) is 1. The van der Waals surface area contributed by atoms with Crippen LogP contribution in [0.4, 0.5) is 0 Å². The number of morpholine rings is 1. The van der Waals surface area contributed by atoms with Gasteiger partial charge in [-0.2, -0.15) is 0 Å². The SMILES string of the molecule is CC(C)Oc1ccc(S(=O)(=O)NCC(c2ccco2)N2CCOCC2)cc1. The first-order valence-corrected chi connectivity index (χ1v) is 10.6. The molecular weight excluding hydrogens is 368 g/mol. The van der Waals surface area contributed by atoms with Crippen LogP contribution in [0.3, 0.4) is 0 Å². The molecule has 2 heterocycles. The number of rotatable bonds is 8. The van der Waals surface area contributed by atoms with Gasteiger partial charge in [-0.3, -0.25) is 4.90 Å². The fourth-order valence-electron chi connectivity index (χ4n) is 3.02. The van der Waals surface area contributed by atoms with Crippen molar-refractivity contribution in [2.24, 2.45) is 0 Å². The number of nitrogens with zero attached hydrogens (tertiary/aromatic N) is 1. The lowest BCUT2D eigenvalue weighted by atomic mass is 10.2. The molecule has 1 fully saturated rings. The summed E-state index contributed by atoms with van der Waals surface area (Å²) in [6, 6.07) is 9.94. The zero-order chi connectivity index (χ0) is 19.3. The van der Waals surface area contributed by atoms with Crippen LogP contribution < -0.4 is 9.46 Å². The van der Waals surface area contributed by atoms with Crippen molar-refractivity contribution in [3.8, 4) is 5.75 Å². The van der Waals surface area contributed by atoms with E-state index in [1.807, 2.05) is 26.0 Å². The van der Waals surface area contributed by atoms with E-state index < -0.39 is 10.0 Å². The van der Waals surface area contributed by atoms with Gasteiger partial charge in [0.2, 0.25) is 10.0 Å². The molecule has 0 bridgehead atoms. The largest absolute Gasteiger partial charge is 0.491 e. The molecule has 1 aromatic carbocycles. The predicted molar refractivity (Wildman–Crippen MR) is 101 cm³/mol. The highest BCUT2D eigenvalue weighted by Gasteiger charge is 2.26. The number of benzene rings is 1. The molecule has 0 amide bonds. The predicted octanol–water partition coefficient (Wildman–Crippen LogP) is 2.42. The zero-order valence-corrected chi connectivity index (χ0v) is 16.4. The Bertz CT molecular complexity index is 797. The van der Waals surface area contributed by atoms with Crippen LogP contribution >= 0.6 is 0 Å². The van der Waals surface area contributed by atoms with E-state index in [1.165, 1.54) is 0 Å². The van der Waals surface area contributed by atoms with Gasteiger partial charge in [0.1, 0.15) is 11.5 Å². The molecule has 1 aromatic heterocycles. The maximum absolute atomic E-state index is 12.7. The summed E-state index contributed by atoms with van der Waals surface area (Å²) in [5.41, 5.74) is 0. The number of sulfonamides is 1. The molecule has 1 saturated heterocycles. The highest BCUT2D eigenvalue weighted by molar-refractivity contribution is 7.89. The van der Waals surface area contributed by atoms with Crippen LogP contribution in [0.15, 0.2) is 52.0 Å². The Morgan fingerprint density at radius 3 is 2.44 bits per heavy atom. The van der Waals surface area contributed by atoms with Gasteiger partial charge < -0.3 is 13.9 Å². The molecule has 1 aliphatic rings. The average molecular weight is 394 g/mol. The lowest BCUT2D eigenvalue weighted by Crippen LogP contribution is -2.43. The summed E-state index contributed by atoms with van der Waals surface area (Å²) in [5.74, 6) is 1.38. The fourth-order valence-corrected chi connectivity index (χ4v) is 4.06. The van der Waals surface area contributed by atoms with Crippen molar-refractivity contribution in [3.63, 3.8) is 0 Å². The second-order valence-electron chi connectivity index (χ2n) is 6.67. The molecule has 27 heavy (non-hydrogen) atoms. The fraction of sp³-hybridized carbons (Fsp3) is 0.474. The number of hydrogen-bond acceptors (Lipinski definition) is 6. The monoisotopic (exact) mass is 394 g/mol. The smallest absolute Gasteiger partial charge is 0.240 e. The van der Waals surface area contributed by atoms with Gasteiger partial charge in [0, 0.05) is 19.6 Å². The van der Waals surface area contributed by atoms with E-state index in [1.54, 1.807) is 30.5 Å². The highest BCUT2D eigenvalue weighted by atomic mass is 32.2. The van der Waals surface area contributed by atoms with Crippen LogP contribution in [0.25, 0.3) is 0 Å². The summed E-state index contributed by atoms with van der Waals surface area (Å²) in [4.78, 5) is 2.38. The van der Waals surface area contributed by atoms with Crippen molar-refractivity contribution >= 4 is 10.0 Å². The van der Waals surface area contributed by atoms with Crippen LogP contribution in [0.5, 0.6) is 5.75 Å². The minimum absolute atomic E-state index is 0.0353. The van der Waals surface area contributed by atoms with E-state index in [-0.39, 0.29) is 23.6 Å². The lowest BCUT2D eigenvalue weighted by molar-refractivity contribution is 0.0128. The molecule has 1 aliphatic heterocycles. The van der Waals surface area contributed by atoms with Gasteiger partial charge in [-0.15, -0.1) is 0 Å². The molecule has 1 N–H and O–H groups in total. The minimum atomic E-state index is -3.64. The van der Waals surface area contributed by atoms with E-state index in [9.17, 15) is 8.42 Å². The van der Waals surface area contributed by atoms with Crippen LogP contribution in [-0.4, -0.2) is 52.3 Å². The third-order valence-electron chi connectivity index (χ3n) is 4.33. The summed E-state index contributed by atoms with van der Waals surface area (Å²) in [5, 5.41) is 0. The van der Waals surface area contributed by atoms with Crippen molar-refractivity contribution in [2.75, 3.05) is 32.8 Å². The van der Waals surface area contributed by atoms with Gasteiger partial charge in [0.15, 0.2) is 0 Å². The van der Waals surface area contributed by atoms with Crippen molar-refractivity contribution in [1.29, 1.82) is 0 Å². The van der Waals surface area contributed by atoms with Crippen LogP contribution in [0.2, 0.25) is 0 Å². The minimum Gasteiger partial charge on any atom is -0.491 e. The van der Waals surface area contributed by atoms with Crippen molar-refractivity contribution in [2.45, 2.75) is 30.9 Å². The Morgan fingerprint density at radius 1 is 1.15 bits per heavy atom. The summed E-state index contributed by atoms with van der Waals surface area (Å²) in [6.45, 7) is 6.78. The number of ether oxygens (including phenoxy) is 2. The molecular formula is C19H26N2O5S. The maximum Gasteiger partial charge on any atom is 0.240 e. The van der Waals surface area contributed by atoms with E-state index in [0.717, 1.165) is 18.8 Å². The zero-order valence-electron chi connectivity index (χ0n) is 15.6. The second-order valence-corrected chi connectivity index (χ2v) is 8.44. The van der Waals surface area contributed by atoms with Gasteiger partial charge in [-0.1, -0.05) is 0 Å². The molecule has 148 valence electrons. The third kappa shape index (κ3) is 5.32. The van der Waals surface area contributed by atoms with Gasteiger partial charge in [-0.05, 0) is 50.2 Å². The normalized spacial score (nSPS) is 17.1. The van der Waals surface area contributed by atoms with Crippen LogP contribution in [0, 0.1) is 0 Å². The first-order chi connectivity index (χ1) is 13.0. The molecule has 2 aromatic rings. The molecule has 8 heteroatoms. The van der Waals surface area contributed by atoms with Gasteiger partial charge >= 0.3 is 0 Å². The summed E-state index contributed by atoms with van der Waals surface area (Å²) < 4.78 is 44.6. The topological polar surface area (TPSA) is 81.0 Å². The Labute approximate surface area is 160 Å². The highest BCUT2D eigenvalue weighted by Crippen LogP contribution is 2.23. The van der Waals surface area contributed by atoms with E-state index in [2.05, 4.69) is 9.62 Å². The van der Waals surface area contributed by atoms with Crippen molar-refractivity contribution in [1.82, 2.24) is 9.62 Å². The lowest BCUT2D eigenvalue weighted by Gasteiger charge is -2.33. The number of hydrogen-bond donors (Lipinski definition) is 1. The first kappa shape index (κ1) is 19.9.